The quantitative estimate of drug-likeness (QED) is 0.358. The van der Waals surface area contributed by atoms with Gasteiger partial charge in [-0.1, -0.05) is 97.2 Å². The molecular weight excluding hydrogens is 444 g/mol. The Labute approximate surface area is 207 Å². The highest BCUT2D eigenvalue weighted by Gasteiger charge is 2.30. The van der Waals surface area contributed by atoms with Gasteiger partial charge in [-0.05, 0) is 42.2 Å². The van der Waals surface area contributed by atoms with Gasteiger partial charge in [0, 0.05) is 24.5 Å². The molecule has 0 unspecified atom stereocenters. The molecule has 0 aliphatic rings. The normalized spacial score (nSPS) is 11.6. The molecule has 0 saturated carbocycles. The molecule has 0 spiro atoms. The second-order valence-corrected chi connectivity index (χ2v) is 9.10. The van der Waals surface area contributed by atoms with Crippen molar-refractivity contribution in [2.24, 2.45) is 0 Å². The summed E-state index contributed by atoms with van der Waals surface area (Å²) in [7, 11) is 0. The van der Waals surface area contributed by atoms with E-state index in [2.05, 4.69) is 12.2 Å². The average molecular weight is 477 g/mol. The van der Waals surface area contributed by atoms with Gasteiger partial charge in [-0.3, -0.25) is 9.59 Å². The molecule has 0 fully saturated rings. The first-order valence-electron chi connectivity index (χ1n) is 11.9. The minimum atomic E-state index is -0.618. The molecule has 1 N–H and O–H groups in total. The standard InChI is InChI=1S/C29H33ClN2O2/c1-3-4-18-31-29(34)27(19-23-8-6-5-7-9-23)32(21-25-14-16-26(30)17-15-25)28(33)20-24-12-10-22(2)11-13-24/h5-17,27H,3-4,18-21H2,1-2H3,(H,31,34)/t27-/m0/s1. The van der Waals surface area contributed by atoms with Crippen LogP contribution in [0.5, 0.6) is 0 Å². The largest absolute Gasteiger partial charge is 0.354 e. The average Bonchev–Trinajstić information content (AvgIpc) is 2.84. The third-order valence-corrected chi connectivity index (χ3v) is 6.09. The Balaban J connectivity index is 1.92. The number of benzene rings is 3. The molecule has 3 aromatic rings. The summed E-state index contributed by atoms with van der Waals surface area (Å²) in [5.41, 5.74) is 4.02. The lowest BCUT2D eigenvalue weighted by molar-refractivity contribution is -0.140. The highest BCUT2D eigenvalue weighted by atomic mass is 35.5. The van der Waals surface area contributed by atoms with Crippen LogP contribution >= 0.6 is 11.6 Å². The van der Waals surface area contributed by atoms with Crippen LogP contribution in [0.25, 0.3) is 0 Å². The number of halogens is 1. The first-order chi connectivity index (χ1) is 16.5. The van der Waals surface area contributed by atoms with Crippen molar-refractivity contribution in [2.45, 2.75) is 52.1 Å². The van der Waals surface area contributed by atoms with Crippen LogP contribution in [-0.4, -0.2) is 29.3 Å². The molecule has 3 aromatic carbocycles. The molecule has 0 bridgehead atoms. The van der Waals surface area contributed by atoms with Crippen LogP contribution in [0.2, 0.25) is 5.02 Å². The predicted octanol–water partition coefficient (Wildman–Crippen LogP) is 5.75. The van der Waals surface area contributed by atoms with E-state index < -0.39 is 6.04 Å². The summed E-state index contributed by atoms with van der Waals surface area (Å²) in [6, 6.07) is 24.6. The molecule has 2 amide bonds. The predicted molar refractivity (Wildman–Crippen MR) is 139 cm³/mol. The molecule has 4 nitrogen and oxygen atoms in total. The molecule has 178 valence electrons. The van der Waals surface area contributed by atoms with E-state index in [0.717, 1.165) is 35.1 Å². The lowest BCUT2D eigenvalue weighted by Gasteiger charge is -2.32. The number of hydrogen-bond donors (Lipinski definition) is 1. The fourth-order valence-corrected chi connectivity index (χ4v) is 3.95. The third kappa shape index (κ3) is 7.74. The lowest BCUT2D eigenvalue weighted by atomic mass is 10.0. The number of amides is 2. The zero-order chi connectivity index (χ0) is 24.3. The monoisotopic (exact) mass is 476 g/mol. The molecule has 0 heterocycles. The van der Waals surface area contributed by atoms with Crippen molar-refractivity contribution in [3.8, 4) is 0 Å². The molecule has 5 heteroatoms. The van der Waals surface area contributed by atoms with Crippen LogP contribution in [0.1, 0.15) is 42.0 Å². The number of rotatable bonds is 11. The van der Waals surface area contributed by atoms with Gasteiger partial charge >= 0.3 is 0 Å². The minimum absolute atomic E-state index is 0.0784. The Bertz CT molecular complexity index is 1050. The number of aryl methyl sites for hydroxylation is 1. The van der Waals surface area contributed by atoms with Crippen LogP contribution < -0.4 is 5.32 Å². The number of carbonyl (C=O) groups excluding carboxylic acids is 2. The maximum atomic E-state index is 13.7. The van der Waals surface area contributed by atoms with Crippen molar-refractivity contribution < 1.29 is 9.59 Å². The lowest BCUT2D eigenvalue weighted by Crippen LogP contribution is -2.51. The highest BCUT2D eigenvalue weighted by Crippen LogP contribution is 2.18. The molecule has 3 rings (SSSR count). The van der Waals surface area contributed by atoms with Crippen LogP contribution in [0.4, 0.5) is 0 Å². The van der Waals surface area contributed by atoms with E-state index in [0.29, 0.717) is 24.5 Å². The van der Waals surface area contributed by atoms with E-state index in [1.54, 1.807) is 4.90 Å². The summed E-state index contributed by atoms with van der Waals surface area (Å²) in [5, 5.41) is 3.69. The Morgan fingerprint density at radius 3 is 2.18 bits per heavy atom. The SMILES string of the molecule is CCCCNC(=O)[C@H](Cc1ccccc1)N(Cc1ccc(Cl)cc1)C(=O)Cc1ccc(C)cc1. The fourth-order valence-electron chi connectivity index (χ4n) is 3.83. The Hall–Kier alpha value is -3.11. The van der Waals surface area contributed by atoms with Crippen molar-refractivity contribution in [3.05, 3.63) is 106 Å². The van der Waals surface area contributed by atoms with Gasteiger partial charge < -0.3 is 10.2 Å². The van der Waals surface area contributed by atoms with Gasteiger partial charge in [-0.25, -0.2) is 0 Å². The number of carbonyl (C=O) groups is 2. The molecular formula is C29H33ClN2O2. The first kappa shape index (κ1) is 25.5. The van der Waals surface area contributed by atoms with Crippen LogP contribution in [0, 0.1) is 6.92 Å². The number of hydrogen-bond acceptors (Lipinski definition) is 2. The second kappa shape index (κ2) is 13.0. The van der Waals surface area contributed by atoms with Crippen molar-refractivity contribution in [3.63, 3.8) is 0 Å². The van der Waals surface area contributed by atoms with Gasteiger partial charge in [-0.2, -0.15) is 0 Å². The zero-order valence-corrected chi connectivity index (χ0v) is 20.7. The molecule has 0 aliphatic heterocycles. The Morgan fingerprint density at radius 1 is 0.882 bits per heavy atom. The molecule has 0 aromatic heterocycles. The van der Waals surface area contributed by atoms with Crippen LogP contribution in [-0.2, 0) is 29.0 Å². The Morgan fingerprint density at radius 2 is 1.53 bits per heavy atom. The highest BCUT2D eigenvalue weighted by molar-refractivity contribution is 6.30. The van der Waals surface area contributed by atoms with Crippen molar-refractivity contribution in [1.29, 1.82) is 0 Å². The smallest absolute Gasteiger partial charge is 0.243 e. The van der Waals surface area contributed by atoms with Gasteiger partial charge in [0.25, 0.3) is 0 Å². The van der Waals surface area contributed by atoms with E-state index >= 15 is 0 Å². The maximum Gasteiger partial charge on any atom is 0.243 e. The summed E-state index contributed by atoms with van der Waals surface area (Å²) in [4.78, 5) is 28.8. The fraction of sp³-hybridized carbons (Fsp3) is 0.310. The van der Waals surface area contributed by atoms with Crippen LogP contribution in [0.3, 0.4) is 0 Å². The van der Waals surface area contributed by atoms with Gasteiger partial charge in [0.15, 0.2) is 0 Å². The summed E-state index contributed by atoms with van der Waals surface area (Å²) in [6.45, 7) is 5.04. The van der Waals surface area contributed by atoms with E-state index in [1.807, 2.05) is 85.8 Å². The van der Waals surface area contributed by atoms with Crippen molar-refractivity contribution in [2.75, 3.05) is 6.54 Å². The second-order valence-electron chi connectivity index (χ2n) is 8.66. The molecule has 0 radical (unpaired) electrons. The minimum Gasteiger partial charge on any atom is -0.354 e. The summed E-state index contributed by atoms with van der Waals surface area (Å²) in [6.07, 6.45) is 2.58. The van der Waals surface area contributed by atoms with E-state index in [9.17, 15) is 9.59 Å². The van der Waals surface area contributed by atoms with Gasteiger partial charge in [0.2, 0.25) is 11.8 Å². The maximum absolute atomic E-state index is 13.7. The van der Waals surface area contributed by atoms with Gasteiger partial charge in [0.05, 0.1) is 6.42 Å². The van der Waals surface area contributed by atoms with Gasteiger partial charge in [0.1, 0.15) is 6.04 Å². The van der Waals surface area contributed by atoms with E-state index in [4.69, 9.17) is 11.6 Å². The van der Waals surface area contributed by atoms with Crippen LogP contribution in [0.15, 0.2) is 78.9 Å². The van der Waals surface area contributed by atoms with Crippen molar-refractivity contribution in [1.82, 2.24) is 10.2 Å². The number of unbranched alkanes of at least 4 members (excludes halogenated alkanes) is 1. The third-order valence-electron chi connectivity index (χ3n) is 5.84. The summed E-state index contributed by atoms with van der Waals surface area (Å²) < 4.78 is 0. The van der Waals surface area contributed by atoms with Crippen molar-refractivity contribution >= 4 is 23.4 Å². The van der Waals surface area contributed by atoms with E-state index in [1.165, 1.54) is 0 Å². The van der Waals surface area contributed by atoms with E-state index in [-0.39, 0.29) is 18.2 Å². The molecule has 0 saturated heterocycles. The zero-order valence-electron chi connectivity index (χ0n) is 20.0. The summed E-state index contributed by atoms with van der Waals surface area (Å²) in [5.74, 6) is -0.200. The number of nitrogens with one attached hydrogen (secondary N) is 1. The first-order valence-corrected chi connectivity index (χ1v) is 12.2. The van der Waals surface area contributed by atoms with Gasteiger partial charge in [-0.15, -0.1) is 0 Å². The molecule has 1 atom stereocenters. The molecule has 0 aliphatic carbocycles. The number of nitrogens with zero attached hydrogens (tertiary/aromatic N) is 1. The summed E-state index contributed by atoms with van der Waals surface area (Å²) >= 11 is 6.08. The Kier molecular flexibility index (Phi) is 9.72. The molecule has 34 heavy (non-hydrogen) atoms. The topological polar surface area (TPSA) is 49.4 Å².